The molecule has 0 bridgehead atoms. The highest BCUT2D eigenvalue weighted by Crippen LogP contribution is 2.25. The van der Waals surface area contributed by atoms with E-state index in [1.54, 1.807) is 11.3 Å². The fourth-order valence-corrected chi connectivity index (χ4v) is 2.67. The van der Waals surface area contributed by atoms with Gasteiger partial charge in [0.1, 0.15) is 0 Å². The Hall–Kier alpha value is -1.13. The second kappa shape index (κ2) is 5.27. The minimum Gasteiger partial charge on any atom is -0.305 e. The molecule has 2 heterocycles. The summed E-state index contributed by atoms with van der Waals surface area (Å²) < 4.78 is 2.05. The summed E-state index contributed by atoms with van der Waals surface area (Å²) in [6.45, 7) is 6.12. The average molecular weight is 235 g/mol. The summed E-state index contributed by atoms with van der Waals surface area (Å²) in [6, 6.07) is 6.63. The van der Waals surface area contributed by atoms with Gasteiger partial charge >= 0.3 is 0 Å². The van der Waals surface area contributed by atoms with Gasteiger partial charge < -0.3 is 5.32 Å². The van der Waals surface area contributed by atoms with Crippen LogP contribution in [0, 0.1) is 0 Å². The summed E-state index contributed by atoms with van der Waals surface area (Å²) in [6.07, 6.45) is 1.87. The van der Waals surface area contributed by atoms with Crippen LogP contribution in [0.25, 0.3) is 0 Å². The molecule has 0 fully saturated rings. The van der Waals surface area contributed by atoms with Gasteiger partial charge in [-0.05, 0) is 31.0 Å². The minimum atomic E-state index is 0.271. The lowest BCUT2D eigenvalue weighted by atomic mass is 10.1. The van der Waals surface area contributed by atoms with Crippen molar-refractivity contribution in [2.75, 3.05) is 6.54 Å². The average Bonchev–Trinajstić information content (AvgIpc) is 2.96. The predicted octanol–water partition coefficient (Wildman–Crippen LogP) is 2.66. The SMILES string of the molecule is CCNC(c1cccs1)c1ccnn1CC. The zero-order chi connectivity index (χ0) is 11.4. The van der Waals surface area contributed by atoms with Crippen molar-refractivity contribution in [2.24, 2.45) is 0 Å². The fourth-order valence-electron chi connectivity index (χ4n) is 1.86. The molecule has 0 aliphatic carbocycles. The molecule has 0 saturated carbocycles. The van der Waals surface area contributed by atoms with Gasteiger partial charge in [-0.3, -0.25) is 4.68 Å². The first kappa shape index (κ1) is 11.4. The molecule has 0 saturated heterocycles. The lowest BCUT2D eigenvalue weighted by Crippen LogP contribution is -2.24. The molecule has 2 rings (SSSR count). The molecule has 86 valence electrons. The van der Waals surface area contributed by atoms with Gasteiger partial charge in [0.05, 0.1) is 11.7 Å². The van der Waals surface area contributed by atoms with E-state index in [-0.39, 0.29) is 6.04 Å². The second-order valence-corrected chi connectivity index (χ2v) is 4.56. The molecule has 1 N–H and O–H groups in total. The van der Waals surface area contributed by atoms with Crippen LogP contribution in [0.5, 0.6) is 0 Å². The zero-order valence-corrected chi connectivity index (χ0v) is 10.5. The van der Waals surface area contributed by atoms with Crippen LogP contribution in [-0.4, -0.2) is 16.3 Å². The van der Waals surface area contributed by atoms with Crippen molar-refractivity contribution in [3.8, 4) is 0 Å². The van der Waals surface area contributed by atoms with Gasteiger partial charge in [-0.15, -0.1) is 11.3 Å². The van der Waals surface area contributed by atoms with Gasteiger partial charge in [-0.2, -0.15) is 5.10 Å². The molecule has 16 heavy (non-hydrogen) atoms. The quantitative estimate of drug-likeness (QED) is 0.863. The fraction of sp³-hybridized carbons (Fsp3) is 0.417. The van der Waals surface area contributed by atoms with Crippen LogP contribution >= 0.6 is 11.3 Å². The van der Waals surface area contributed by atoms with Crippen LogP contribution in [-0.2, 0) is 6.54 Å². The van der Waals surface area contributed by atoms with Crippen LogP contribution < -0.4 is 5.32 Å². The van der Waals surface area contributed by atoms with Gasteiger partial charge in [0.25, 0.3) is 0 Å². The van der Waals surface area contributed by atoms with Crippen molar-refractivity contribution in [1.82, 2.24) is 15.1 Å². The Bertz CT molecular complexity index is 419. The van der Waals surface area contributed by atoms with Crippen LogP contribution in [0.3, 0.4) is 0 Å². The number of thiophene rings is 1. The summed E-state index contributed by atoms with van der Waals surface area (Å²) in [5.41, 5.74) is 1.24. The number of aromatic nitrogens is 2. The molecule has 2 aromatic heterocycles. The molecule has 0 aliphatic rings. The molecule has 4 heteroatoms. The first-order chi connectivity index (χ1) is 7.86. The Morgan fingerprint density at radius 2 is 2.31 bits per heavy atom. The first-order valence-corrected chi connectivity index (χ1v) is 6.53. The highest BCUT2D eigenvalue weighted by atomic mass is 32.1. The molecule has 3 nitrogen and oxygen atoms in total. The van der Waals surface area contributed by atoms with Crippen LogP contribution in [0.1, 0.15) is 30.5 Å². The van der Waals surface area contributed by atoms with Gasteiger partial charge in [-0.25, -0.2) is 0 Å². The van der Waals surface area contributed by atoms with Gasteiger partial charge in [0, 0.05) is 17.6 Å². The van der Waals surface area contributed by atoms with E-state index in [2.05, 4.69) is 47.8 Å². The third-order valence-corrected chi connectivity index (χ3v) is 3.52. The third-order valence-electron chi connectivity index (χ3n) is 2.58. The van der Waals surface area contributed by atoms with Crippen LogP contribution in [0.4, 0.5) is 0 Å². The summed E-state index contributed by atoms with van der Waals surface area (Å²) in [4.78, 5) is 1.34. The van der Waals surface area contributed by atoms with E-state index in [0.717, 1.165) is 13.1 Å². The molecule has 0 spiro atoms. The summed E-state index contributed by atoms with van der Waals surface area (Å²) in [5.74, 6) is 0. The maximum Gasteiger partial charge on any atom is 0.0841 e. The molecule has 0 aliphatic heterocycles. The Labute approximate surface area is 100 Å². The van der Waals surface area contributed by atoms with Crippen molar-refractivity contribution in [1.29, 1.82) is 0 Å². The predicted molar refractivity (Wildman–Crippen MR) is 67.7 cm³/mol. The van der Waals surface area contributed by atoms with E-state index >= 15 is 0 Å². The normalized spacial score (nSPS) is 12.9. The van der Waals surface area contributed by atoms with Crippen LogP contribution in [0.15, 0.2) is 29.8 Å². The Balaban J connectivity index is 2.33. The molecular formula is C12H17N3S. The lowest BCUT2D eigenvalue weighted by molar-refractivity contribution is 0.547. The van der Waals surface area contributed by atoms with Crippen molar-refractivity contribution in [3.63, 3.8) is 0 Å². The van der Waals surface area contributed by atoms with Crippen molar-refractivity contribution in [2.45, 2.75) is 26.4 Å². The highest BCUT2D eigenvalue weighted by molar-refractivity contribution is 7.10. The van der Waals surface area contributed by atoms with Crippen molar-refractivity contribution in [3.05, 3.63) is 40.3 Å². The number of nitrogens with zero attached hydrogens (tertiary/aromatic N) is 2. The Morgan fingerprint density at radius 3 is 2.94 bits per heavy atom. The van der Waals surface area contributed by atoms with E-state index in [1.807, 2.05) is 10.9 Å². The Kier molecular flexibility index (Phi) is 3.74. The molecule has 0 amide bonds. The molecule has 1 unspecified atom stereocenters. The van der Waals surface area contributed by atoms with E-state index in [1.165, 1.54) is 10.6 Å². The summed E-state index contributed by atoms with van der Waals surface area (Å²) >= 11 is 1.78. The smallest absolute Gasteiger partial charge is 0.0841 e. The largest absolute Gasteiger partial charge is 0.305 e. The maximum absolute atomic E-state index is 4.33. The van der Waals surface area contributed by atoms with Gasteiger partial charge in [0.15, 0.2) is 0 Å². The molecule has 2 aromatic rings. The number of hydrogen-bond acceptors (Lipinski definition) is 3. The van der Waals surface area contributed by atoms with E-state index in [0.29, 0.717) is 0 Å². The summed E-state index contributed by atoms with van der Waals surface area (Å²) in [5, 5.41) is 9.96. The number of nitrogens with one attached hydrogen (secondary N) is 1. The van der Waals surface area contributed by atoms with E-state index in [9.17, 15) is 0 Å². The van der Waals surface area contributed by atoms with Gasteiger partial charge in [0.2, 0.25) is 0 Å². The number of rotatable bonds is 5. The van der Waals surface area contributed by atoms with Crippen molar-refractivity contribution >= 4 is 11.3 Å². The number of hydrogen-bond donors (Lipinski definition) is 1. The number of aryl methyl sites for hydroxylation is 1. The first-order valence-electron chi connectivity index (χ1n) is 5.65. The standard InChI is InChI=1S/C12H17N3S/c1-3-13-12(11-6-5-9-16-11)10-7-8-14-15(10)4-2/h5-9,12-13H,3-4H2,1-2H3. The maximum atomic E-state index is 4.33. The Morgan fingerprint density at radius 1 is 1.44 bits per heavy atom. The minimum absolute atomic E-state index is 0.271. The van der Waals surface area contributed by atoms with E-state index < -0.39 is 0 Å². The molecule has 0 aromatic carbocycles. The summed E-state index contributed by atoms with van der Waals surface area (Å²) in [7, 11) is 0. The monoisotopic (exact) mass is 235 g/mol. The second-order valence-electron chi connectivity index (χ2n) is 3.58. The molecular weight excluding hydrogens is 218 g/mol. The lowest BCUT2D eigenvalue weighted by Gasteiger charge is -2.17. The zero-order valence-electron chi connectivity index (χ0n) is 9.68. The third kappa shape index (κ3) is 2.18. The van der Waals surface area contributed by atoms with E-state index in [4.69, 9.17) is 0 Å². The highest BCUT2D eigenvalue weighted by Gasteiger charge is 2.17. The van der Waals surface area contributed by atoms with Crippen molar-refractivity contribution < 1.29 is 0 Å². The molecule has 0 radical (unpaired) electrons. The topological polar surface area (TPSA) is 29.9 Å². The van der Waals surface area contributed by atoms with Crippen LogP contribution in [0.2, 0.25) is 0 Å². The van der Waals surface area contributed by atoms with Gasteiger partial charge in [-0.1, -0.05) is 13.0 Å². The molecule has 1 atom stereocenters.